The lowest BCUT2D eigenvalue weighted by Crippen LogP contribution is -1.97. The number of ether oxygens (including phenoxy) is 1. The second kappa shape index (κ2) is 9.50. The molecule has 0 radical (unpaired) electrons. The Morgan fingerprint density at radius 2 is 1.79 bits per heavy atom. The van der Waals surface area contributed by atoms with Crippen LogP contribution in [0.5, 0.6) is 5.75 Å². The van der Waals surface area contributed by atoms with E-state index in [1.165, 1.54) is 12.1 Å². The zero-order valence-corrected chi connectivity index (χ0v) is 18.2. The lowest BCUT2D eigenvalue weighted by atomic mass is 10.0. The molecule has 29 heavy (non-hydrogen) atoms. The second-order valence-corrected chi connectivity index (χ2v) is 7.91. The average molecular weight is 514 g/mol. The van der Waals surface area contributed by atoms with E-state index in [0.717, 1.165) is 14.5 Å². The van der Waals surface area contributed by atoms with Gasteiger partial charge < -0.3 is 4.74 Å². The molecule has 0 fully saturated rings. The summed E-state index contributed by atoms with van der Waals surface area (Å²) in [5.41, 5.74) is 2.41. The third kappa shape index (κ3) is 5.53. The Hall–Kier alpha value is -2.95. The summed E-state index contributed by atoms with van der Waals surface area (Å²) in [5, 5.41) is 20.7. The molecule has 0 saturated carbocycles. The Kier molecular flexibility index (Phi) is 6.81. The molecule has 144 valence electrons. The maximum atomic E-state index is 11.0. The molecule has 0 amide bonds. The number of halogens is 2. The monoisotopic (exact) mass is 512 g/mol. The maximum Gasteiger partial charge on any atom is 0.270 e. The van der Waals surface area contributed by atoms with E-state index in [4.69, 9.17) is 4.74 Å². The van der Waals surface area contributed by atoms with Gasteiger partial charge in [-0.3, -0.25) is 10.1 Å². The predicted octanol–water partition coefficient (Wildman–Crippen LogP) is 6.76. The van der Waals surface area contributed by atoms with Gasteiger partial charge >= 0.3 is 0 Å². The molecule has 0 heterocycles. The first kappa shape index (κ1) is 20.8. The van der Waals surface area contributed by atoms with Crippen molar-refractivity contribution in [3.05, 3.63) is 102 Å². The molecule has 0 atom stereocenters. The average Bonchev–Trinajstić information content (AvgIpc) is 2.72. The van der Waals surface area contributed by atoms with Crippen LogP contribution in [0.2, 0.25) is 0 Å². The number of nitriles is 1. The molecular weight excluding hydrogens is 500 g/mol. The Morgan fingerprint density at radius 1 is 1.07 bits per heavy atom. The van der Waals surface area contributed by atoms with Crippen LogP contribution in [0.25, 0.3) is 11.6 Å². The van der Waals surface area contributed by atoms with E-state index in [1.807, 2.05) is 42.5 Å². The van der Waals surface area contributed by atoms with E-state index in [9.17, 15) is 15.4 Å². The maximum absolute atomic E-state index is 11.0. The molecule has 3 rings (SSSR count). The van der Waals surface area contributed by atoms with Crippen LogP contribution in [0.1, 0.15) is 16.7 Å². The van der Waals surface area contributed by atoms with Crippen LogP contribution in [-0.4, -0.2) is 4.92 Å². The smallest absolute Gasteiger partial charge is 0.270 e. The van der Waals surface area contributed by atoms with Crippen LogP contribution in [0.3, 0.4) is 0 Å². The third-order valence-electron chi connectivity index (χ3n) is 4.07. The molecule has 0 saturated heterocycles. The van der Waals surface area contributed by atoms with Gasteiger partial charge in [-0.2, -0.15) is 5.26 Å². The summed E-state index contributed by atoms with van der Waals surface area (Å²) < 4.78 is 7.78. The van der Waals surface area contributed by atoms with Crippen molar-refractivity contribution < 1.29 is 9.66 Å². The first-order chi connectivity index (χ1) is 14.0. The normalized spacial score (nSPS) is 11.0. The fraction of sp³-hybridized carbons (Fsp3) is 0.0455. The zero-order valence-electron chi connectivity index (χ0n) is 15.0. The summed E-state index contributed by atoms with van der Waals surface area (Å²) in [6, 6.07) is 21.4. The first-order valence-electron chi connectivity index (χ1n) is 8.49. The number of hydrogen-bond donors (Lipinski definition) is 0. The van der Waals surface area contributed by atoms with Crippen molar-refractivity contribution in [2.45, 2.75) is 6.61 Å². The SMILES string of the molecule is N#C/C(=C/c1cc(Br)ccc1OCc1ccc(Br)cc1)c1cccc([N+](=O)[O-])c1. The molecular formula is C22H14Br2N2O3. The molecule has 0 N–H and O–H groups in total. The highest BCUT2D eigenvalue weighted by molar-refractivity contribution is 9.10. The predicted molar refractivity (Wildman–Crippen MR) is 119 cm³/mol. The van der Waals surface area contributed by atoms with Gasteiger partial charge in [-0.1, -0.05) is 56.1 Å². The number of nitrogens with zero attached hydrogens (tertiary/aromatic N) is 2. The molecule has 0 aromatic heterocycles. The van der Waals surface area contributed by atoms with Crippen LogP contribution >= 0.6 is 31.9 Å². The van der Waals surface area contributed by atoms with E-state index < -0.39 is 4.92 Å². The van der Waals surface area contributed by atoms with Crippen molar-refractivity contribution in [2.24, 2.45) is 0 Å². The summed E-state index contributed by atoms with van der Waals surface area (Å²) in [7, 11) is 0. The van der Waals surface area contributed by atoms with Crippen LogP contribution < -0.4 is 4.74 Å². The van der Waals surface area contributed by atoms with Gasteiger partial charge in [0.05, 0.1) is 16.6 Å². The molecule has 0 aliphatic rings. The van der Waals surface area contributed by atoms with Gasteiger partial charge in [0.1, 0.15) is 12.4 Å². The van der Waals surface area contributed by atoms with Crippen LogP contribution in [0.15, 0.2) is 75.7 Å². The van der Waals surface area contributed by atoms with Crippen molar-refractivity contribution in [3.8, 4) is 11.8 Å². The summed E-state index contributed by atoms with van der Waals surface area (Å²) >= 11 is 6.84. The summed E-state index contributed by atoms with van der Waals surface area (Å²) in [6.45, 7) is 0.369. The van der Waals surface area contributed by atoms with Gasteiger partial charge in [0.25, 0.3) is 5.69 Å². The van der Waals surface area contributed by atoms with Crippen LogP contribution in [0, 0.1) is 21.4 Å². The quantitative estimate of drug-likeness (QED) is 0.158. The van der Waals surface area contributed by atoms with Gasteiger partial charge in [-0.15, -0.1) is 0 Å². The number of allylic oxidation sites excluding steroid dienone is 1. The standard InChI is InChI=1S/C22H14Br2N2O3/c23-19-6-4-15(5-7-19)14-29-22-9-8-20(24)11-17(22)10-18(13-25)16-2-1-3-21(12-16)26(27)28/h1-12H,14H2/b18-10-. The van der Waals surface area contributed by atoms with Gasteiger partial charge in [-0.05, 0) is 47.5 Å². The van der Waals surface area contributed by atoms with Crippen molar-refractivity contribution in [1.82, 2.24) is 0 Å². The number of rotatable bonds is 6. The number of non-ortho nitro benzene ring substituents is 1. The van der Waals surface area contributed by atoms with E-state index in [0.29, 0.717) is 29.1 Å². The van der Waals surface area contributed by atoms with Crippen LogP contribution in [-0.2, 0) is 6.61 Å². The molecule has 0 unspecified atom stereocenters. The Labute approximate surface area is 184 Å². The third-order valence-corrected chi connectivity index (χ3v) is 5.09. The van der Waals surface area contributed by atoms with Gasteiger partial charge in [0.15, 0.2) is 0 Å². The molecule has 0 spiro atoms. The Morgan fingerprint density at radius 3 is 2.48 bits per heavy atom. The lowest BCUT2D eigenvalue weighted by Gasteiger charge is -2.11. The van der Waals surface area contributed by atoms with E-state index >= 15 is 0 Å². The summed E-state index contributed by atoms with van der Waals surface area (Å²) in [6.07, 6.45) is 1.67. The van der Waals surface area contributed by atoms with E-state index in [1.54, 1.807) is 18.2 Å². The van der Waals surface area contributed by atoms with Crippen LogP contribution in [0.4, 0.5) is 5.69 Å². The minimum absolute atomic E-state index is 0.0652. The number of nitro benzene ring substituents is 1. The van der Waals surface area contributed by atoms with E-state index in [2.05, 4.69) is 37.9 Å². The van der Waals surface area contributed by atoms with Crippen molar-refractivity contribution in [3.63, 3.8) is 0 Å². The molecule has 0 bridgehead atoms. The van der Waals surface area contributed by atoms with Crippen molar-refractivity contribution in [1.29, 1.82) is 5.26 Å². The van der Waals surface area contributed by atoms with Crippen molar-refractivity contribution in [2.75, 3.05) is 0 Å². The topological polar surface area (TPSA) is 76.2 Å². The first-order valence-corrected chi connectivity index (χ1v) is 10.1. The number of benzene rings is 3. The highest BCUT2D eigenvalue weighted by Crippen LogP contribution is 2.29. The minimum Gasteiger partial charge on any atom is -0.488 e. The lowest BCUT2D eigenvalue weighted by molar-refractivity contribution is -0.384. The van der Waals surface area contributed by atoms with Crippen molar-refractivity contribution >= 4 is 49.2 Å². The zero-order chi connectivity index (χ0) is 20.8. The Balaban J connectivity index is 1.93. The summed E-state index contributed by atoms with van der Waals surface area (Å²) in [4.78, 5) is 10.6. The molecule has 0 aliphatic heterocycles. The summed E-state index contributed by atoms with van der Waals surface area (Å²) in [5.74, 6) is 0.606. The highest BCUT2D eigenvalue weighted by Gasteiger charge is 2.11. The highest BCUT2D eigenvalue weighted by atomic mass is 79.9. The molecule has 5 nitrogen and oxygen atoms in total. The Bertz CT molecular complexity index is 1120. The molecule has 3 aromatic carbocycles. The minimum atomic E-state index is -0.482. The molecule has 0 aliphatic carbocycles. The molecule has 3 aromatic rings. The number of nitro groups is 1. The number of hydrogen-bond acceptors (Lipinski definition) is 4. The fourth-order valence-corrected chi connectivity index (χ4v) is 3.27. The van der Waals surface area contributed by atoms with Gasteiger partial charge in [0, 0.05) is 26.6 Å². The van der Waals surface area contributed by atoms with E-state index in [-0.39, 0.29) is 5.69 Å². The van der Waals surface area contributed by atoms with Gasteiger partial charge in [0.2, 0.25) is 0 Å². The largest absolute Gasteiger partial charge is 0.488 e. The van der Waals surface area contributed by atoms with Gasteiger partial charge in [-0.25, -0.2) is 0 Å². The molecule has 7 heteroatoms. The second-order valence-electron chi connectivity index (χ2n) is 6.07. The fourth-order valence-electron chi connectivity index (χ4n) is 2.63.